The smallest absolute Gasteiger partial charge is 0.339 e. The monoisotopic (exact) mass is 195 g/mol. The maximum absolute atomic E-state index is 11.2. The van der Waals surface area contributed by atoms with Crippen LogP contribution in [-0.4, -0.2) is 22.7 Å². The van der Waals surface area contributed by atoms with E-state index in [2.05, 4.69) is 4.98 Å². The van der Waals surface area contributed by atoms with Gasteiger partial charge in [0, 0.05) is 17.5 Å². The molecule has 0 fully saturated rings. The number of aromatic nitrogens is 1. The average Bonchev–Trinajstić information content (AvgIpc) is 2.18. The minimum absolute atomic E-state index is 0.259. The molecule has 1 atom stereocenters. The zero-order valence-corrected chi connectivity index (χ0v) is 8.23. The normalized spacial score (nSPS) is 12.2. The molecule has 1 heterocycles. The van der Waals surface area contributed by atoms with Gasteiger partial charge < -0.3 is 9.84 Å². The minimum Gasteiger partial charge on any atom is -0.464 e. The Labute approximate surface area is 82.5 Å². The number of carbonyl (C=O) groups is 1. The van der Waals surface area contributed by atoms with Crippen molar-refractivity contribution < 1.29 is 14.6 Å². The summed E-state index contributed by atoms with van der Waals surface area (Å²) in [4.78, 5) is 15.2. The second-order valence-corrected chi connectivity index (χ2v) is 2.83. The minimum atomic E-state index is -1.23. The summed E-state index contributed by atoms with van der Waals surface area (Å²) < 4.78 is 4.70. The third-order valence-electron chi connectivity index (χ3n) is 1.85. The Morgan fingerprint density at radius 3 is 3.00 bits per heavy atom. The van der Waals surface area contributed by atoms with E-state index in [1.807, 2.05) is 0 Å². The Balaban J connectivity index is 2.84. The van der Waals surface area contributed by atoms with Crippen LogP contribution in [0.3, 0.4) is 0 Å². The number of aliphatic hydroxyl groups is 1. The molecule has 1 rings (SSSR count). The number of aryl methyl sites for hydroxylation is 1. The molecule has 0 aromatic carbocycles. The summed E-state index contributed by atoms with van der Waals surface area (Å²) in [6.45, 7) is 3.69. The van der Waals surface area contributed by atoms with E-state index in [9.17, 15) is 9.90 Å². The van der Waals surface area contributed by atoms with Crippen molar-refractivity contribution in [2.75, 3.05) is 6.61 Å². The quantitative estimate of drug-likeness (QED) is 0.730. The van der Waals surface area contributed by atoms with Crippen LogP contribution in [0.4, 0.5) is 0 Å². The lowest BCUT2D eigenvalue weighted by Crippen LogP contribution is -2.16. The van der Waals surface area contributed by atoms with E-state index in [1.165, 1.54) is 0 Å². The van der Waals surface area contributed by atoms with E-state index in [-0.39, 0.29) is 6.61 Å². The molecule has 14 heavy (non-hydrogen) atoms. The number of aliphatic hydroxyl groups excluding tert-OH is 1. The van der Waals surface area contributed by atoms with Crippen molar-refractivity contribution in [3.63, 3.8) is 0 Å². The van der Waals surface area contributed by atoms with Gasteiger partial charge in [0.05, 0.1) is 6.61 Å². The van der Waals surface area contributed by atoms with Crippen molar-refractivity contribution in [1.82, 2.24) is 4.98 Å². The summed E-state index contributed by atoms with van der Waals surface area (Å²) in [6, 6.07) is 3.33. The van der Waals surface area contributed by atoms with Gasteiger partial charge in [-0.05, 0) is 19.9 Å². The van der Waals surface area contributed by atoms with Crippen molar-refractivity contribution in [1.29, 1.82) is 0 Å². The first kappa shape index (κ1) is 10.7. The van der Waals surface area contributed by atoms with Gasteiger partial charge in [-0.2, -0.15) is 0 Å². The first-order valence-corrected chi connectivity index (χ1v) is 4.43. The van der Waals surface area contributed by atoms with Crippen LogP contribution in [-0.2, 0) is 9.53 Å². The van der Waals surface area contributed by atoms with E-state index in [4.69, 9.17) is 4.74 Å². The lowest BCUT2D eigenvalue weighted by atomic mass is 10.1. The molecule has 0 amide bonds. The van der Waals surface area contributed by atoms with Gasteiger partial charge in [-0.25, -0.2) is 4.79 Å². The first-order chi connectivity index (χ1) is 6.66. The van der Waals surface area contributed by atoms with Crippen LogP contribution < -0.4 is 0 Å². The molecule has 0 saturated heterocycles. The van der Waals surface area contributed by atoms with Gasteiger partial charge >= 0.3 is 5.97 Å². The molecule has 0 radical (unpaired) electrons. The second kappa shape index (κ2) is 4.72. The molecule has 76 valence electrons. The molecular formula is C10H13NO3. The molecule has 0 bridgehead atoms. The topological polar surface area (TPSA) is 59.4 Å². The fourth-order valence-corrected chi connectivity index (χ4v) is 1.13. The Morgan fingerprint density at radius 2 is 2.43 bits per heavy atom. The Bertz CT molecular complexity index is 325. The summed E-state index contributed by atoms with van der Waals surface area (Å²) in [5.41, 5.74) is 1.12. The van der Waals surface area contributed by atoms with Gasteiger partial charge in [-0.1, -0.05) is 6.07 Å². The van der Waals surface area contributed by atoms with Gasteiger partial charge in [0.25, 0.3) is 0 Å². The van der Waals surface area contributed by atoms with Gasteiger partial charge in [0.2, 0.25) is 0 Å². The summed E-state index contributed by atoms with van der Waals surface area (Å²) in [5, 5.41) is 9.59. The second-order valence-electron chi connectivity index (χ2n) is 2.83. The first-order valence-electron chi connectivity index (χ1n) is 4.43. The number of ether oxygens (including phenoxy) is 1. The van der Waals surface area contributed by atoms with Gasteiger partial charge in [-0.15, -0.1) is 0 Å². The Kier molecular flexibility index (Phi) is 3.59. The number of esters is 1. The predicted molar refractivity (Wildman–Crippen MR) is 50.6 cm³/mol. The number of pyridine rings is 1. The molecule has 0 saturated carbocycles. The summed E-state index contributed by atoms with van der Waals surface area (Å²) >= 11 is 0. The largest absolute Gasteiger partial charge is 0.464 e. The van der Waals surface area contributed by atoms with Gasteiger partial charge in [0.15, 0.2) is 6.10 Å². The maximum Gasteiger partial charge on any atom is 0.339 e. The molecule has 1 aromatic rings. The van der Waals surface area contributed by atoms with Crippen LogP contribution in [0.15, 0.2) is 18.3 Å². The van der Waals surface area contributed by atoms with E-state index < -0.39 is 12.1 Å². The van der Waals surface area contributed by atoms with Crippen LogP contribution in [0.25, 0.3) is 0 Å². The highest BCUT2D eigenvalue weighted by molar-refractivity contribution is 5.76. The number of hydrogen-bond donors (Lipinski definition) is 1. The van der Waals surface area contributed by atoms with Crippen LogP contribution in [0.2, 0.25) is 0 Å². The average molecular weight is 195 g/mol. The molecule has 0 aliphatic rings. The van der Waals surface area contributed by atoms with Crippen molar-refractivity contribution in [2.45, 2.75) is 20.0 Å². The fraction of sp³-hybridized carbons (Fsp3) is 0.400. The van der Waals surface area contributed by atoms with E-state index in [0.29, 0.717) is 11.3 Å². The maximum atomic E-state index is 11.2. The number of hydrogen-bond acceptors (Lipinski definition) is 4. The molecule has 0 aliphatic carbocycles. The van der Waals surface area contributed by atoms with E-state index in [0.717, 1.165) is 0 Å². The number of rotatable bonds is 3. The van der Waals surface area contributed by atoms with Crippen molar-refractivity contribution in [3.05, 3.63) is 29.6 Å². The summed E-state index contributed by atoms with van der Waals surface area (Å²) in [6.07, 6.45) is 0.375. The molecule has 4 nitrogen and oxygen atoms in total. The Morgan fingerprint density at radius 1 is 1.71 bits per heavy atom. The molecule has 1 unspecified atom stereocenters. The molecule has 4 heteroatoms. The molecular weight excluding hydrogens is 182 g/mol. The lowest BCUT2D eigenvalue weighted by Gasteiger charge is -2.11. The zero-order chi connectivity index (χ0) is 10.6. The highest BCUT2D eigenvalue weighted by Crippen LogP contribution is 2.16. The van der Waals surface area contributed by atoms with Crippen molar-refractivity contribution in [3.8, 4) is 0 Å². The third kappa shape index (κ3) is 2.29. The standard InChI is InChI=1S/C10H13NO3/c1-3-14-10(13)9(12)8-5-4-6-11-7(8)2/h4-6,9,12H,3H2,1-2H3. The Hall–Kier alpha value is -1.42. The molecule has 0 spiro atoms. The van der Waals surface area contributed by atoms with Crippen molar-refractivity contribution >= 4 is 5.97 Å². The zero-order valence-electron chi connectivity index (χ0n) is 8.23. The number of carbonyl (C=O) groups excluding carboxylic acids is 1. The third-order valence-corrected chi connectivity index (χ3v) is 1.85. The van der Waals surface area contributed by atoms with Crippen LogP contribution >= 0.6 is 0 Å². The number of nitrogens with zero attached hydrogens (tertiary/aromatic N) is 1. The van der Waals surface area contributed by atoms with Crippen LogP contribution in [0.5, 0.6) is 0 Å². The van der Waals surface area contributed by atoms with E-state index in [1.54, 1.807) is 32.2 Å². The van der Waals surface area contributed by atoms with E-state index >= 15 is 0 Å². The summed E-state index contributed by atoms with van der Waals surface area (Å²) in [7, 11) is 0. The molecule has 1 aromatic heterocycles. The van der Waals surface area contributed by atoms with Crippen LogP contribution in [0, 0.1) is 6.92 Å². The fourth-order valence-electron chi connectivity index (χ4n) is 1.13. The summed E-state index contributed by atoms with van der Waals surface area (Å²) in [5.74, 6) is -0.636. The van der Waals surface area contributed by atoms with Crippen molar-refractivity contribution in [2.24, 2.45) is 0 Å². The van der Waals surface area contributed by atoms with Gasteiger partial charge in [0.1, 0.15) is 0 Å². The lowest BCUT2D eigenvalue weighted by molar-refractivity contribution is -0.153. The molecule has 1 N–H and O–H groups in total. The molecule has 0 aliphatic heterocycles. The highest BCUT2D eigenvalue weighted by Gasteiger charge is 2.20. The predicted octanol–water partition coefficient (Wildman–Crippen LogP) is 0.987. The highest BCUT2D eigenvalue weighted by atomic mass is 16.5. The van der Waals surface area contributed by atoms with Crippen LogP contribution in [0.1, 0.15) is 24.3 Å². The van der Waals surface area contributed by atoms with Gasteiger partial charge in [-0.3, -0.25) is 4.98 Å². The SMILES string of the molecule is CCOC(=O)C(O)c1cccnc1C.